The molecular formula is C13H13NOS. The molecular weight excluding hydrogens is 218 g/mol. The molecule has 2 aromatic rings. The highest BCUT2D eigenvalue weighted by atomic mass is 32.1. The average molecular weight is 231 g/mol. The van der Waals surface area contributed by atoms with Crippen LogP contribution < -0.4 is 5.32 Å². The van der Waals surface area contributed by atoms with E-state index < -0.39 is 0 Å². The Morgan fingerprint density at radius 1 is 1.38 bits per heavy atom. The molecule has 1 amide bonds. The third-order valence-electron chi connectivity index (χ3n) is 2.46. The molecule has 0 atom stereocenters. The highest BCUT2D eigenvalue weighted by Gasteiger charge is 2.08. The van der Waals surface area contributed by atoms with E-state index >= 15 is 0 Å². The Morgan fingerprint density at radius 3 is 2.75 bits per heavy atom. The highest BCUT2D eigenvalue weighted by molar-refractivity contribution is 7.20. The van der Waals surface area contributed by atoms with Gasteiger partial charge in [-0.25, -0.2) is 0 Å². The Kier molecular flexibility index (Phi) is 2.79. The molecule has 0 fully saturated rings. The predicted molar refractivity (Wildman–Crippen MR) is 69.9 cm³/mol. The van der Waals surface area contributed by atoms with Crippen LogP contribution in [0.2, 0.25) is 0 Å². The molecule has 1 aromatic heterocycles. The zero-order valence-electron chi connectivity index (χ0n) is 9.33. The summed E-state index contributed by atoms with van der Waals surface area (Å²) < 4.78 is 1.13. The Labute approximate surface area is 98.6 Å². The summed E-state index contributed by atoms with van der Waals surface area (Å²) >= 11 is 1.51. The number of fused-ring (bicyclic) bond motifs is 1. The molecule has 1 aromatic carbocycles. The van der Waals surface area contributed by atoms with E-state index in [4.69, 9.17) is 0 Å². The summed E-state index contributed by atoms with van der Waals surface area (Å²) in [5.74, 6) is -0.0296. The second-order valence-corrected chi connectivity index (χ2v) is 4.81. The molecule has 0 aliphatic heterocycles. The molecule has 0 saturated carbocycles. The minimum Gasteiger partial charge on any atom is -0.354 e. The number of hydrogen-bond donors (Lipinski definition) is 1. The SMILES string of the molecule is C=C(C)c1ccc2sc(C(=O)NC)cc2c1. The van der Waals surface area contributed by atoms with Crippen LogP contribution in [0, 0.1) is 0 Å². The van der Waals surface area contributed by atoms with Gasteiger partial charge < -0.3 is 5.32 Å². The molecule has 0 unspecified atom stereocenters. The molecule has 0 spiro atoms. The van der Waals surface area contributed by atoms with Gasteiger partial charge in [-0.1, -0.05) is 18.2 Å². The molecule has 0 aliphatic carbocycles. The summed E-state index contributed by atoms with van der Waals surface area (Å²) in [6.45, 7) is 5.89. The summed E-state index contributed by atoms with van der Waals surface area (Å²) in [5.41, 5.74) is 2.16. The van der Waals surface area contributed by atoms with Gasteiger partial charge in [0.2, 0.25) is 0 Å². The lowest BCUT2D eigenvalue weighted by Crippen LogP contribution is -2.15. The van der Waals surface area contributed by atoms with Crippen molar-refractivity contribution in [3.63, 3.8) is 0 Å². The quantitative estimate of drug-likeness (QED) is 0.844. The molecule has 2 nitrogen and oxygen atoms in total. The molecule has 1 N–H and O–H groups in total. The number of allylic oxidation sites excluding steroid dienone is 1. The number of thiophene rings is 1. The average Bonchev–Trinajstić information content (AvgIpc) is 2.70. The summed E-state index contributed by atoms with van der Waals surface area (Å²) in [6, 6.07) is 8.07. The van der Waals surface area contributed by atoms with Crippen molar-refractivity contribution >= 4 is 32.9 Å². The lowest BCUT2D eigenvalue weighted by atomic mass is 10.1. The van der Waals surface area contributed by atoms with E-state index in [1.165, 1.54) is 11.3 Å². The van der Waals surface area contributed by atoms with Crippen molar-refractivity contribution in [3.05, 3.63) is 41.3 Å². The summed E-state index contributed by atoms with van der Waals surface area (Å²) in [6.07, 6.45) is 0. The van der Waals surface area contributed by atoms with Crippen LogP contribution in [0.4, 0.5) is 0 Å². The zero-order chi connectivity index (χ0) is 11.7. The number of rotatable bonds is 2. The van der Waals surface area contributed by atoms with Gasteiger partial charge in [-0.05, 0) is 36.1 Å². The van der Waals surface area contributed by atoms with E-state index in [9.17, 15) is 4.79 Å². The Bertz CT molecular complexity index is 568. The molecule has 0 bridgehead atoms. The largest absolute Gasteiger partial charge is 0.354 e. The molecule has 0 saturated heterocycles. The van der Waals surface area contributed by atoms with E-state index in [0.717, 1.165) is 26.1 Å². The fraction of sp³-hybridized carbons (Fsp3) is 0.154. The van der Waals surface area contributed by atoms with Crippen molar-refractivity contribution in [1.82, 2.24) is 5.32 Å². The van der Waals surface area contributed by atoms with Gasteiger partial charge >= 0.3 is 0 Å². The second-order valence-electron chi connectivity index (χ2n) is 3.72. The summed E-state index contributed by atoms with van der Waals surface area (Å²) in [7, 11) is 1.64. The first-order chi connectivity index (χ1) is 7.61. The maximum atomic E-state index is 11.5. The van der Waals surface area contributed by atoms with Crippen LogP contribution in [-0.2, 0) is 0 Å². The van der Waals surface area contributed by atoms with Crippen LogP contribution in [-0.4, -0.2) is 13.0 Å². The van der Waals surface area contributed by atoms with Crippen molar-refractivity contribution in [3.8, 4) is 0 Å². The lowest BCUT2D eigenvalue weighted by Gasteiger charge is -1.98. The van der Waals surface area contributed by atoms with Gasteiger partial charge in [0.1, 0.15) is 0 Å². The first-order valence-corrected chi connectivity index (χ1v) is 5.85. The van der Waals surface area contributed by atoms with Crippen LogP contribution >= 0.6 is 11.3 Å². The fourth-order valence-electron chi connectivity index (χ4n) is 1.54. The third kappa shape index (κ3) is 1.86. The topological polar surface area (TPSA) is 29.1 Å². The number of carbonyl (C=O) groups excluding carboxylic acids is 1. The highest BCUT2D eigenvalue weighted by Crippen LogP contribution is 2.28. The van der Waals surface area contributed by atoms with Gasteiger partial charge in [-0.2, -0.15) is 0 Å². The van der Waals surface area contributed by atoms with Crippen molar-refractivity contribution in [2.24, 2.45) is 0 Å². The zero-order valence-corrected chi connectivity index (χ0v) is 10.1. The van der Waals surface area contributed by atoms with Crippen LogP contribution in [0.5, 0.6) is 0 Å². The van der Waals surface area contributed by atoms with Gasteiger partial charge in [0.05, 0.1) is 4.88 Å². The van der Waals surface area contributed by atoms with E-state index in [1.54, 1.807) is 7.05 Å². The van der Waals surface area contributed by atoms with Crippen molar-refractivity contribution in [2.75, 3.05) is 7.05 Å². The maximum absolute atomic E-state index is 11.5. The molecule has 1 heterocycles. The van der Waals surface area contributed by atoms with E-state index in [0.29, 0.717) is 0 Å². The van der Waals surface area contributed by atoms with Crippen LogP contribution in [0.3, 0.4) is 0 Å². The maximum Gasteiger partial charge on any atom is 0.261 e. The predicted octanol–water partition coefficient (Wildman–Crippen LogP) is 3.29. The molecule has 16 heavy (non-hydrogen) atoms. The monoisotopic (exact) mass is 231 g/mol. The van der Waals surface area contributed by atoms with Gasteiger partial charge in [0, 0.05) is 11.7 Å². The van der Waals surface area contributed by atoms with Crippen LogP contribution in [0.15, 0.2) is 30.8 Å². The fourth-order valence-corrected chi connectivity index (χ4v) is 2.53. The normalized spacial score (nSPS) is 10.4. The molecule has 0 radical (unpaired) electrons. The molecule has 2 rings (SSSR count). The molecule has 3 heteroatoms. The third-order valence-corrected chi connectivity index (χ3v) is 3.57. The number of amides is 1. The van der Waals surface area contributed by atoms with Crippen molar-refractivity contribution in [1.29, 1.82) is 0 Å². The first kappa shape index (κ1) is 10.9. The van der Waals surface area contributed by atoms with E-state index in [2.05, 4.69) is 18.0 Å². The van der Waals surface area contributed by atoms with E-state index in [-0.39, 0.29) is 5.91 Å². The van der Waals surface area contributed by atoms with Gasteiger partial charge in [0.25, 0.3) is 5.91 Å². The van der Waals surface area contributed by atoms with Gasteiger partial charge in [-0.3, -0.25) is 4.79 Å². The number of nitrogens with one attached hydrogen (secondary N) is 1. The lowest BCUT2D eigenvalue weighted by molar-refractivity contribution is 0.0967. The molecule has 0 aliphatic rings. The Morgan fingerprint density at radius 2 is 2.12 bits per heavy atom. The second kappa shape index (κ2) is 4.10. The number of hydrogen-bond acceptors (Lipinski definition) is 2. The molecule has 82 valence electrons. The Balaban J connectivity index is 2.54. The minimum atomic E-state index is -0.0296. The number of benzene rings is 1. The number of carbonyl (C=O) groups is 1. The summed E-state index contributed by atoms with van der Waals surface area (Å²) in [5, 5.41) is 3.73. The van der Waals surface area contributed by atoms with Crippen molar-refractivity contribution < 1.29 is 4.79 Å². The van der Waals surface area contributed by atoms with Crippen molar-refractivity contribution in [2.45, 2.75) is 6.92 Å². The smallest absolute Gasteiger partial charge is 0.261 e. The van der Waals surface area contributed by atoms with E-state index in [1.807, 2.05) is 25.1 Å². The standard InChI is InChI=1S/C13H13NOS/c1-8(2)9-4-5-11-10(6-9)7-12(16-11)13(15)14-3/h4-7H,1H2,2-3H3,(H,14,15). The Hall–Kier alpha value is -1.61. The van der Waals surface area contributed by atoms with Gasteiger partial charge in [-0.15, -0.1) is 11.3 Å². The summed E-state index contributed by atoms with van der Waals surface area (Å²) in [4.78, 5) is 12.2. The van der Waals surface area contributed by atoms with Crippen LogP contribution in [0.25, 0.3) is 15.7 Å². The minimum absolute atomic E-state index is 0.0296. The van der Waals surface area contributed by atoms with Gasteiger partial charge in [0.15, 0.2) is 0 Å². The van der Waals surface area contributed by atoms with Crippen LogP contribution in [0.1, 0.15) is 22.2 Å². The first-order valence-electron chi connectivity index (χ1n) is 5.03.